The fraction of sp³-hybridized carbons (Fsp3) is 0.400. The van der Waals surface area contributed by atoms with Crippen molar-refractivity contribution in [1.29, 1.82) is 0 Å². The van der Waals surface area contributed by atoms with Crippen LogP contribution in [0.25, 0.3) is 11.3 Å². The highest BCUT2D eigenvalue weighted by molar-refractivity contribution is 9.10. The smallest absolute Gasteiger partial charge is 0.269 e. The van der Waals surface area contributed by atoms with Crippen molar-refractivity contribution in [3.8, 4) is 11.3 Å². The van der Waals surface area contributed by atoms with Crippen LogP contribution in [0.2, 0.25) is 0 Å². The molecule has 1 atom stereocenters. The minimum Gasteiger partial charge on any atom is -0.377 e. The first-order valence-corrected chi connectivity index (χ1v) is 8.00. The summed E-state index contributed by atoms with van der Waals surface area (Å²) in [5.41, 5.74) is 0.258. The van der Waals surface area contributed by atoms with Crippen molar-refractivity contribution in [3.63, 3.8) is 0 Å². The fourth-order valence-electron chi connectivity index (χ4n) is 2.59. The Kier molecular flexibility index (Phi) is 5.95. The van der Waals surface area contributed by atoms with Gasteiger partial charge in [-0.25, -0.2) is 9.37 Å². The number of morpholine rings is 1. The SMILES string of the molecule is C[C@@H]1COCCN1c1nc(-c2ccncc2F)c(Br)c(=O)n1C.Cl. The first-order chi connectivity index (χ1) is 11.0. The molecule has 0 radical (unpaired) electrons. The minimum atomic E-state index is -0.519. The zero-order chi connectivity index (χ0) is 16.6. The molecule has 2 aromatic heterocycles. The lowest BCUT2D eigenvalue weighted by Crippen LogP contribution is -2.46. The second-order valence-electron chi connectivity index (χ2n) is 5.41. The Bertz CT molecular complexity index is 802. The van der Waals surface area contributed by atoms with Crippen LogP contribution in [-0.2, 0) is 11.8 Å². The number of pyridine rings is 1. The highest BCUT2D eigenvalue weighted by Gasteiger charge is 2.25. The molecular formula is C15H17BrClFN4O2. The lowest BCUT2D eigenvalue weighted by atomic mass is 10.2. The molecule has 0 aliphatic carbocycles. The molecule has 130 valence electrons. The van der Waals surface area contributed by atoms with E-state index in [0.29, 0.717) is 25.7 Å². The van der Waals surface area contributed by atoms with Gasteiger partial charge in [0.25, 0.3) is 5.56 Å². The largest absolute Gasteiger partial charge is 0.377 e. The van der Waals surface area contributed by atoms with Crippen LogP contribution in [0.5, 0.6) is 0 Å². The summed E-state index contributed by atoms with van der Waals surface area (Å²) in [7, 11) is 1.66. The van der Waals surface area contributed by atoms with Crippen molar-refractivity contribution in [2.45, 2.75) is 13.0 Å². The number of hydrogen-bond acceptors (Lipinski definition) is 5. The molecular weight excluding hydrogens is 403 g/mol. The number of nitrogens with zero attached hydrogens (tertiary/aromatic N) is 4. The maximum Gasteiger partial charge on any atom is 0.269 e. The summed E-state index contributed by atoms with van der Waals surface area (Å²) in [4.78, 5) is 22.8. The predicted molar refractivity (Wildman–Crippen MR) is 95.2 cm³/mol. The average molecular weight is 420 g/mol. The molecule has 3 rings (SSSR count). The van der Waals surface area contributed by atoms with Crippen LogP contribution in [0.15, 0.2) is 27.7 Å². The maximum absolute atomic E-state index is 14.1. The van der Waals surface area contributed by atoms with Crippen LogP contribution in [0.1, 0.15) is 6.92 Å². The van der Waals surface area contributed by atoms with Gasteiger partial charge in [0, 0.05) is 25.4 Å². The highest BCUT2D eigenvalue weighted by Crippen LogP contribution is 2.28. The number of halogens is 3. The summed E-state index contributed by atoms with van der Waals surface area (Å²) in [5, 5.41) is 0. The third kappa shape index (κ3) is 3.31. The first kappa shape index (κ1) is 18.8. The minimum absolute atomic E-state index is 0. The summed E-state index contributed by atoms with van der Waals surface area (Å²) in [5.74, 6) is -0.0184. The zero-order valence-electron chi connectivity index (χ0n) is 13.2. The molecule has 24 heavy (non-hydrogen) atoms. The topological polar surface area (TPSA) is 60.2 Å². The van der Waals surface area contributed by atoms with Crippen LogP contribution < -0.4 is 10.5 Å². The quantitative estimate of drug-likeness (QED) is 0.748. The molecule has 9 heteroatoms. The van der Waals surface area contributed by atoms with E-state index in [9.17, 15) is 9.18 Å². The Morgan fingerprint density at radius 3 is 2.88 bits per heavy atom. The van der Waals surface area contributed by atoms with Gasteiger partial charge in [0.2, 0.25) is 5.95 Å². The van der Waals surface area contributed by atoms with Gasteiger partial charge in [-0.2, -0.15) is 0 Å². The van der Waals surface area contributed by atoms with Gasteiger partial charge in [-0.3, -0.25) is 14.3 Å². The number of anilines is 1. The third-order valence-electron chi connectivity index (χ3n) is 3.86. The first-order valence-electron chi connectivity index (χ1n) is 7.21. The molecule has 1 aliphatic heterocycles. The van der Waals surface area contributed by atoms with Gasteiger partial charge in [0.05, 0.1) is 31.1 Å². The second kappa shape index (κ2) is 7.58. The highest BCUT2D eigenvalue weighted by atomic mass is 79.9. The van der Waals surface area contributed by atoms with E-state index in [4.69, 9.17) is 4.74 Å². The Hall–Kier alpha value is -1.51. The molecule has 0 N–H and O–H groups in total. The Morgan fingerprint density at radius 2 is 2.21 bits per heavy atom. The second-order valence-corrected chi connectivity index (χ2v) is 6.20. The van der Waals surface area contributed by atoms with Crippen LogP contribution in [0, 0.1) is 5.82 Å². The van der Waals surface area contributed by atoms with Gasteiger partial charge in [-0.15, -0.1) is 12.4 Å². The normalized spacial score (nSPS) is 17.5. The number of hydrogen-bond donors (Lipinski definition) is 0. The molecule has 1 fully saturated rings. The molecule has 0 bridgehead atoms. The summed E-state index contributed by atoms with van der Waals surface area (Å²) >= 11 is 3.25. The molecule has 3 heterocycles. The van der Waals surface area contributed by atoms with E-state index in [1.165, 1.54) is 16.8 Å². The Morgan fingerprint density at radius 1 is 1.46 bits per heavy atom. The van der Waals surface area contributed by atoms with E-state index in [1.807, 2.05) is 11.8 Å². The van der Waals surface area contributed by atoms with Crippen LogP contribution >= 0.6 is 28.3 Å². The Labute approximate surface area is 153 Å². The lowest BCUT2D eigenvalue weighted by Gasteiger charge is -2.35. The van der Waals surface area contributed by atoms with E-state index < -0.39 is 5.82 Å². The van der Waals surface area contributed by atoms with Crippen molar-refractivity contribution in [2.75, 3.05) is 24.7 Å². The van der Waals surface area contributed by atoms with E-state index in [0.717, 1.165) is 6.20 Å². The molecule has 1 aliphatic rings. The maximum atomic E-state index is 14.1. The monoisotopic (exact) mass is 418 g/mol. The van der Waals surface area contributed by atoms with Gasteiger partial charge < -0.3 is 9.64 Å². The molecule has 0 aromatic carbocycles. The van der Waals surface area contributed by atoms with Crippen molar-refractivity contribution in [2.24, 2.45) is 7.05 Å². The van der Waals surface area contributed by atoms with Gasteiger partial charge in [-0.1, -0.05) is 0 Å². The van der Waals surface area contributed by atoms with Gasteiger partial charge >= 0.3 is 0 Å². The predicted octanol–water partition coefficient (Wildman–Crippen LogP) is 2.39. The van der Waals surface area contributed by atoms with E-state index in [2.05, 4.69) is 25.9 Å². The number of rotatable bonds is 2. The molecule has 0 saturated carbocycles. The molecule has 1 saturated heterocycles. The van der Waals surface area contributed by atoms with Crippen molar-refractivity contribution in [1.82, 2.24) is 14.5 Å². The molecule has 6 nitrogen and oxygen atoms in total. The molecule has 0 unspecified atom stereocenters. The zero-order valence-corrected chi connectivity index (χ0v) is 15.6. The summed E-state index contributed by atoms with van der Waals surface area (Å²) in [6, 6.07) is 1.59. The number of aromatic nitrogens is 3. The standard InChI is InChI=1S/C15H16BrFN4O2.ClH/c1-9-8-23-6-5-21(9)15-19-13(12(16)14(22)20(15)2)10-3-4-18-7-11(10)17;/h3-4,7,9H,5-6,8H2,1-2H3;1H/t9-;/m1./s1. The molecule has 0 spiro atoms. The number of ether oxygens (including phenoxy) is 1. The van der Waals surface area contributed by atoms with Crippen LogP contribution in [0.3, 0.4) is 0 Å². The summed E-state index contributed by atoms with van der Waals surface area (Å²) in [6.07, 6.45) is 2.58. The fourth-order valence-corrected chi connectivity index (χ4v) is 3.16. The summed E-state index contributed by atoms with van der Waals surface area (Å²) < 4.78 is 21.2. The lowest BCUT2D eigenvalue weighted by molar-refractivity contribution is 0.0976. The van der Waals surface area contributed by atoms with E-state index >= 15 is 0 Å². The van der Waals surface area contributed by atoms with E-state index in [-0.39, 0.29) is 39.7 Å². The Balaban J connectivity index is 0.00000208. The average Bonchev–Trinajstić information content (AvgIpc) is 2.55. The van der Waals surface area contributed by atoms with Crippen molar-refractivity contribution < 1.29 is 9.13 Å². The third-order valence-corrected chi connectivity index (χ3v) is 4.58. The van der Waals surface area contributed by atoms with Crippen molar-refractivity contribution >= 4 is 34.3 Å². The van der Waals surface area contributed by atoms with Gasteiger partial charge in [-0.05, 0) is 28.9 Å². The van der Waals surface area contributed by atoms with Crippen LogP contribution in [0.4, 0.5) is 10.3 Å². The van der Waals surface area contributed by atoms with Gasteiger partial charge in [0.1, 0.15) is 4.47 Å². The van der Waals surface area contributed by atoms with E-state index in [1.54, 1.807) is 7.05 Å². The van der Waals surface area contributed by atoms with Crippen LogP contribution in [-0.4, -0.2) is 40.3 Å². The van der Waals surface area contributed by atoms with Gasteiger partial charge in [0.15, 0.2) is 5.82 Å². The molecule has 2 aromatic rings. The summed E-state index contributed by atoms with van der Waals surface area (Å²) in [6.45, 7) is 3.75. The molecule has 0 amide bonds. The van der Waals surface area contributed by atoms with Crippen molar-refractivity contribution in [3.05, 3.63) is 39.1 Å².